The van der Waals surface area contributed by atoms with Gasteiger partial charge in [-0.3, -0.25) is 4.79 Å². The highest BCUT2D eigenvalue weighted by Crippen LogP contribution is 2.23. The molecule has 5 atom stereocenters. The van der Waals surface area contributed by atoms with Crippen molar-refractivity contribution in [1.29, 1.82) is 0 Å². The van der Waals surface area contributed by atoms with E-state index in [1.54, 1.807) is 30.3 Å². The van der Waals surface area contributed by atoms with E-state index in [1.165, 1.54) is 0 Å². The van der Waals surface area contributed by atoms with Gasteiger partial charge in [0.2, 0.25) is 0 Å². The van der Waals surface area contributed by atoms with Crippen LogP contribution in [0.1, 0.15) is 16.8 Å². The van der Waals surface area contributed by atoms with Gasteiger partial charge in [-0.25, -0.2) is 0 Å². The van der Waals surface area contributed by atoms with Crippen molar-refractivity contribution in [2.24, 2.45) is 0 Å². The van der Waals surface area contributed by atoms with Crippen molar-refractivity contribution in [3.63, 3.8) is 0 Å². The van der Waals surface area contributed by atoms with E-state index >= 15 is 0 Å². The molecule has 6 nitrogen and oxygen atoms in total. The second-order valence-corrected chi connectivity index (χ2v) is 4.53. The van der Waals surface area contributed by atoms with E-state index in [2.05, 4.69) is 0 Å². The molecule has 1 aromatic rings. The number of Topliss-reactive ketones (excluding diaryl/α,β-unsaturated/α-hetero) is 1. The summed E-state index contributed by atoms with van der Waals surface area (Å²) >= 11 is 0. The molecule has 2 rings (SSSR count). The number of aliphatic hydroxyl groups is 4. The molecule has 0 unspecified atom stereocenters. The molecule has 0 saturated carbocycles. The van der Waals surface area contributed by atoms with Gasteiger partial charge in [-0.15, -0.1) is 0 Å². The highest BCUT2D eigenvalue weighted by molar-refractivity contribution is 5.96. The highest BCUT2D eigenvalue weighted by atomic mass is 16.6. The third-order valence-electron chi connectivity index (χ3n) is 3.17. The molecule has 4 N–H and O–H groups in total. The zero-order valence-electron chi connectivity index (χ0n) is 10.1. The molecule has 0 spiro atoms. The molecule has 1 aromatic carbocycles. The van der Waals surface area contributed by atoms with E-state index in [-0.39, 0.29) is 12.2 Å². The van der Waals surface area contributed by atoms with E-state index in [0.717, 1.165) is 0 Å². The second-order valence-electron chi connectivity index (χ2n) is 4.53. The summed E-state index contributed by atoms with van der Waals surface area (Å²) in [7, 11) is 0. The Balaban J connectivity index is 2.05. The predicted octanol–water partition coefficient (Wildman–Crippen LogP) is -0.941. The van der Waals surface area contributed by atoms with Crippen molar-refractivity contribution < 1.29 is 30.0 Å². The number of hydrogen-bond acceptors (Lipinski definition) is 6. The molecule has 19 heavy (non-hydrogen) atoms. The quantitative estimate of drug-likeness (QED) is 0.527. The number of ether oxygens (including phenoxy) is 1. The third-order valence-corrected chi connectivity index (χ3v) is 3.17. The first-order chi connectivity index (χ1) is 9.00. The van der Waals surface area contributed by atoms with Crippen molar-refractivity contribution >= 4 is 5.78 Å². The van der Waals surface area contributed by atoms with Crippen LogP contribution in [0.5, 0.6) is 0 Å². The van der Waals surface area contributed by atoms with E-state index < -0.39 is 30.7 Å². The number of hydrogen-bond donors (Lipinski definition) is 4. The summed E-state index contributed by atoms with van der Waals surface area (Å²) in [4.78, 5) is 11.9. The first-order valence-corrected chi connectivity index (χ1v) is 5.96. The maximum absolute atomic E-state index is 11.9. The van der Waals surface area contributed by atoms with E-state index in [0.29, 0.717) is 5.56 Å². The van der Waals surface area contributed by atoms with Gasteiger partial charge in [0, 0.05) is 12.0 Å². The van der Waals surface area contributed by atoms with Gasteiger partial charge in [-0.2, -0.15) is 0 Å². The molecule has 0 aromatic heterocycles. The Labute approximate surface area is 109 Å². The number of ketones is 1. The van der Waals surface area contributed by atoms with Crippen molar-refractivity contribution in [2.75, 3.05) is 0 Å². The Morgan fingerprint density at radius 2 is 1.63 bits per heavy atom. The van der Waals surface area contributed by atoms with Crippen LogP contribution in [0.3, 0.4) is 0 Å². The largest absolute Gasteiger partial charge is 0.388 e. The summed E-state index contributed by atoms with van der Waals surface area (Å²) < 4.78 is 4.95. The number of rotatable bonds is 3. The molecule has 1 fully saturated rings. The summed E-state index contributed by atoms with van der Waals surface area (Å²) in [5.74, 6) is -0.277. The van der Waals surface area contributed by atoms with Gasteiger partial charge in [0.1, 0.15) is 18.3 Å². The minimum Gasteiger partial charge on any atom is -0.388 e. The summed E-state index contributed by atoms with van der Waals surface area (Å²) in [5.41, 5.74) is 0.452. The van der Waals surface area contributed by atoms with Gasteiger partial charge < -0.3 is 25.2 Å². The van der Waals surface area contributed by atoms with Crippen molar-refractivity contribution in [1.82, 2.24) is 0 Å². The monoisotopic (exact) mass is 268 g/mol. The van der Waals surface area contributed by atoms with Gasteiger partial charge in [-0.1, -0.05) is 30.3 Å². The fourth-order valence-electron chi connectivity index (χ4n) is 2.02. The lowest BCUT2D eigenvalue weighted by Gasteiger charge is -2.38. The lowest BCUT2D eigenvalue weighted by Crippen LogP contribution is -2.57. The standard InChI is InChI=1S/C13H16O6/c14-8(7-4-2-1-3-5-7)6-9-10(15)11(16)12(17)13(18)19-9/h1-5,9-13,15-18H,6H2/t9-,10-,11-,12+,13-/m1/s1. The van der Waals surface area contributed by atoms with Crippen LogP contribution in [0.25, 0.3) is 0 Å². The first kappa shape index (κ1) is 14.1. The average molecular weight is 268 g/mol. The fourth-order valence-corrected chi connectivity index (χ4v) is 2.02. The normalized spacial score (nSPS) is 35.1. The summed E-state index contributed by atoms with van der Waals surface area (Å²) in [6, 6.07) is 8.43. The average Bonchev–Trinajstić information content (AvgIpc) is 2.43. The van der Waals surface area contributed by atoms with Crippen LogP contribution in [0.4, 0.5) is 0 Å². The summed E-state index contributed by atoms with van der Waals surface area (Å²) in [5, 5.41) is 37.9. The maximum atomic E-state index is 11.9. The Hall–Kier alpha value is -1.31. The van der Waals surface area contributed by atoms with Gasteiger partial charge in [0.15, 0.2) is 12.1 Å². The van der Waals surface area contributed by atoms with Crippen LogP contribution in [-0.2, 0) is 4.74 Å². The number of carbonyl (C=O) groups excluding carboxylic acids is 1. The Morgan fingerprint density at radius 1 is 1.00 bits per heavy atom. The molecule has 0 aliphatic carbocycles. The lowest BCUT2D eigenvalue weighted by molar-refractivity contribution is -0.280. The highest BCUT2D eigenvalue weighted by Gasteiger charge is 2.43. The minimum absolute atomic E-state index is 0.188. The van der Waals surface area contributed by atoms with Crippen molar-refractivity contribution in [2.45, 2.75) is 37.1 Å². The van der Waals surface area contributed by atoms with Crippen LogP contribution in [-0.4, -0.2) is 56.9 Å². The first-order valence-electron chi connectivity index (χ1n) is 5.96. The zero-order chi connectivity index (χ0) is 14.0. The molecule has 104 valence electrons. The Kier molecular flexibility index (Phi) is 4.28. The fraction of sp³-hybridized carbons (Fsp3) is 0.462. The van der Waals surface area contributed by atoms with Crippen LogP contribution in [0.2, 0.25) is 0 Å². The molecule has 0 radical (unpaired) electrons. The van der Waals surface area contributed by atoms with Crippen LogP contribution < -0.4 is 0 Å². The molecule has 1 saturated heterocycles. The molecular weight excluding hydrogens is 252 g/mol. The molecule has 6 heteroatoms. The number of aliphatic hydroxyl groups excluding tert-OH is 4. The van der Waals surface area contributed by atoms with Gasteiger partial charge >= 0.3 is 0 Å². The van der Waals surface area contributed by atoms with E-state index in [9.17, 15) is 25.2 Å². The Morgan fingerprint density at radius 3 is 2.26 bits per heavy atom. The summed E-state index contributed by atoms with van der Waals surface area (Å²) in [6.07, 6.45) is -7.42. The number of benzene rings is 1. The smallest absolute Gasteiger partial charge is 0.183 e. The molecule has 1 heterocycles. The Bertz CT molecular complexity index is 434. The zero-order valence-corrected chi connectivity index (χ0v) is 10.1. The third kappa shape index (κ3) is 2.99. The van der Waals surface area contributed by atoms with Crippen molar-refractivity contribution in [3.8, 4) is 0 Å². The number of carbonyl (C=O) groups is 1. The van der Waals surface area contributed by atoms with Gasteiger partial charge in [-0.05, 0) is 0 Å². The molecule has 0 bridgehead atoms. The van der Waals surface area contributed by atoms with Gasteiger partial charge in [0.25, 0.3) is 0 Å². The maximum Gasteiger partial charge on any atom is 0.183 e. The SMILES string of the molecule is O=C(C[C@H]1O[C@@H](O)[C@@H](O)[C@H](O)[C@@H]1O)c1ccccc1. The van der Waals surface area contributed by atoms with Gasteiger partial charge in [0.05, 0.1) is 6.10 Å². The second kappa shape index (κ2) is 5.77. The predicted molar refractivity (Wildman–Crippen MR) is 64.3 cm³/mol. The van der Waals surface area contributed by atoms with Crippen LogP contribution >= 0.6 is 0 Å². The minimum atomic E-state index is -1.62. The van der Waals surface area contributed by atoms with Crippen molar-refractivity contribution in [3.05, 3.63) is 35.9 Å². The van der Waals surface area contributed by atoms with E-state index in [4.69, 9.17) is 4.74 Å². The lowest BCUT2D eigenvalue weighted by atomic mass is 9.94. The summed E-state index contributed by atoms with van der Waals surface area (Å²) in [6.45, 7) is 0. The van der Waals surface area contributed by atoms with Crippen LogP contribution in [0.15, 0.2) is 30.3 Å². The molecule has 1 aliphatic rings. The van der Waals surface area contributed by atoms with E-state index in [1.807, 2.05) is 0 Å². The van der Waals surface area contributed by atoms with Crippen LogP contribution in [0, 0.1) is 0 Å². The topological polar surface area (TPSA) is 107 Å². The molecular formula is C13H16O6. The molecule has 1 aliphatic heterocycles. The molecule has 0 amide bonds.